The number of fused-ring (bicyclic) bond motifs is 1. The predicted molar refractivity (Wildman–Crippen MR) is 101 cm³/mol. The summed E-state index contributed by atoms with van der Waals surface area (Å²) in [6, 6.07) is 8.13. The fraction of sp³-hybridized carbons (Fsp3) is 0.316. The minimum absolute atomic E-state index is 0.0444. The lowest BCUT2D eigenvalue weighted by atomic mass is 10.00. The van der Waals surface area contributed by atoms with E-state index in [-0.39, 0.29) is 22.7 Å². The highest BCUT2D eigenvalue weighted by Crippen LogP contribution is 2.35. The van der Waals surface area contributed by atoms with Gasteiger partial charge >= 0.3 is 6.18 Å². The second-order valence-corrected chi connectivity index (χ2v) is 6.92. The molecule has 142 valence electrons. The molecule has 0 saturated carbocycles. The Kier molecular flexibility index (Phi) is 4.94. The molecule has 2 aromatic heterocycles. The molecule has 1 N–H and O–H groups in total. The number of aryl methyl sites for hydroxylation is 1. The summed E-state index contributed by atoms with van der Waals surface area (Å²) in [5.74, 6) is 0.304. The highest BCUT2D eigenvalue weighted by molar-refractivity contribution is 7.71. The Morgan fingerprint density at radius 1 is 1.22 bits per heavy atom. The van der Waals surface area contributed by atoms with Crippen LogP contribution in [0.1, 0.15) is 37.8 Å². The Morgan fingerprint density at radius 3 is 2.37 bits per heavy atom. The third kappa shape index (κ3) is 3.53. The quantitative estimate of drug-likeness (QED) is 0.616. The highest BCUT2D eigenvalue weighted by Gasteiger charge is 2.35. The van der Waals surface area contributed by atoms with E-state index in [0.717, 1.165) is 11.6 Å². The molecule has 0 radical (unpaired) electrons. The summed E-state index contributed by atoms with van der Waals surface area (Å²) < 4.78 is 42.5. The summed E-state index contributed by atoms with van der Waals surface area (Å²) in [6.07, 6.45) is -4.70. The number of benzene rings is 1. The first-order chi connectivity index (χ1) is 12.6. The molecular formula is C19H18F3N3OS. The van der Waals surface area contributed by atoms with Crippen molar-refractivity contribution in [1.82, 2.24) is 14.5 Å². The summed E-state index contributed by atoms with van der Waals surface area (Å²) in [5, 5.41) is -0.500. The third-order valence-corrected chi connectivity index (χ3v) is 4.77. The van der Waals surface area contributed by atoms with Gasteiger partial charge in [0.05, 0.1) is 16.6 Å². The van der Waals surface area contributed by atoms with Gasteiger partial charge in [-0.25, -0.2) is 4.98 Å². The number of rotatable bonds is 3. The van der Waals surface area contributed by atoms with Crippen molar-refractivity contribution in [3.05, 3.63) is 56.6 Å². The molecule has 0 atom stereocenters. The molecule has 0 aliphatic heterocycles. The van der Waals surface area contributed by atoms with Gasteiger partial charge in [0, 0.05) is 12.1 Å². The van der Waals surface area contributed by atoms with Gasteiger partial charge in [0.25, 0.3) is 5.56 Å². The van der Waals surface area contributed by atoms with Crippen molar-refractivity contribution in [2.75, 3.05) is 0 Å². The van der Waals surface area contributed by atoms with E-state index in [2.05, 4.69) is 9.97 Å². The molecule has 0 aliphatic rings. The first-order valence-electron chi connectivity index (χ1n) is 8.49. The number of alkyl halides is 3. The Morgan fingerprint density at radius 2 is 1.85 bits per heavy atom. The molecule has 0 saturated heterocycles. The zero-order chi connectivity index (χ0) is 19.9. The lowest BCUT2D eigenvalue weighted by Crippen LogP contribution is -2.20. The maximum atomic E-state index is 13.7. The van der Waals surface area contributed by atoms with Crippen LogP contribution in [0.3, 0.4) is 0 Å². The first-order valence-corrected chi connectivity index (χ1v) is 8.89. The first kappa shape index (κ1) is 19.3. The van der Waals surface area contributed by atoms with Crippen molar-refractivity contribution in [3.63, 3.8) is 0 Å². The summed E-state index contributed by atoms with van der Waals surface area (Å²) >= 11 is 5.09. The van der Waals surface area contributed by atoms with E-state index in [0.29, 0.717) is 11.5 Å². The van der Waals surface area contributed by atoms with Crippen molar-refractivity contribution in [3.8, 4) is 11.3 Å². The Bertz CT molecular complexity index is 1110. The molecule has 0 aliphatic carbocycles. The van der Waals surface area contributed by atoms with Gasteiger partial charge in [-0.2, -0.15) is 13.2 Å². The van der Waals surface area contributed by atoms with E-state index in [1.807, 2.05) is 26.0 Å². The number of aromatic nitrogens is 3. The molecule has 0 unspecified atom stereocenters. The molecular weight excluding hydrogens is 375 g/mol. The van der Waals surface area contributed by atoms with E-state index < -0.39 is 22.7 Å². The standard InChI is InChI=1S/C19H18F3N3OS/c1-4-25-16-15(17(26)24-18(25)27)13(19(20,21)22)9-14(23-16)12-7-5-11(6-8-12)10(2)3/h5-10H,4H2,1-3H3,(H,24,26,27). The van der Waals surface area contributed by atoms with Crippen LogP contribution >= 0.6 is 12.2 Å². The van der Waals surface area contributed by atoms with Crippen molar-refractivity contribution in [1.29, 1.82) is 0 Å². The molecule has 2 heterocycles. The molecule has 0 bridgehead atoms. The van der Waals surface area contributed by atoms with Crippen LogP contribution in [-0.2, 0) is 12.7 Å². The van der Waals surface area contributed by atoms with Gasteiger partial charge in [0.2, 0.25) is 0 Å². The number of hydrogen-bond acceptors (Lipinski definition) is 3. The van der Waals surface area contributed by atoms with Crippen LogP contribution in [-0.4, -0.2) is 14.5 Å². The zero-order valence-corrected chi connectivity index (χ0v) is 15.8. The number of hydrogen-bond donors (Lipinski definition) is 1. The van der Waals surface area contributed by atoms with E-state index in [1.54, 1.807) is 19.1 Å². The van der Waals surface area contributed by atoms with Crippen molar-refractivity contribution in [2.45, 2.75) is 39.4 Å². The zero-order valence-electron chi connectivity index (χ0n) is 15.0. The lowest BCUT2D eigenvalue weighted by Gasteiger charge is -2.15. The largest absolute Gasteiger partial charge is 0.417 e. The topological polar surface area (TPSA) is 50.7 Å². The van der Waals surface area contributed by atoms with Crippen LogP contribution in [0.4, 0.5) is 13.2 Å². The van der Waals surface area contributed by atoms with Crippen molar-refractivity contribution < 1.29 is 13.2 Å². The number of nitrogens with one attached hydrogen (secondary N) is 1. The van der Waals surface area contributed by atoms with Crippen molar-refractivity contribution in [2.24, 2.45) is 0 Å². The number of aromatic amines is 1. The fourth-order valence-electron chi connectivity index (χ4n) is 2.98. The second kappa shape index (κ2) is 6.92. The molecule has 4 nitrogen and oxygen atoms in total. The second-order valence-electron chi connectivity index (χ2n) is 6.53. The average Bonchev–Trinajstić information content (AvgIpc) is 2.60. The van der Waals surface area contributed by atoms with Crippen LogP contribution in [0.5, 0.6) is 0 Å². The molecule has 8 heteroatoms. The summed E-state index contributed by atoms with van der Waals surface area (Å²) in [5.41, 5.74) is -0.212. The van der Waals surface area contributed by atoms with Gasteiger partial charge in [-0.1, -0.05) is 38.1 Å². The van der Waals surface area contributed by atoms with Gasteiger partial charge in [-0.3, -0.25) is 9.78 Å². The SMILES string of the molecule is CCn1c(=S)[nH]c(=O)c2c(C(F)(F)F)cc(-c3ccc(C(C)C)cc3)nc21. The normalized spacial score (nSPS) is 12.1. The smallest absolute Gasteiger partial charge is 0.303 e. The van der Waals surface area contributed by atoms with Gasteiger partial charge < -0.3 is 4.57 Å². The molecule has 0 amide bonds. The fourth-order valence-corrected chi connectivity index (χ4v) is 3.29. The third-order valence-electron chi connectivity index (χ3n) is 4.44. The predicted octanol–water partition coefficient (Wildman–Crippen LogP) is 5.28. The summed E-state index contributed by atoms with van der Waals surface area (Å²) in [7, 11) is 0. The Balaban J connectivity index is 2.38. The Hall–Kier alpha value is -2.48. The minimum atomic E-state index is -4.70. The maximum Gasteiger partial charge on any atom is 0.417 e. The van der Waals surface area contributed by atoms with Crippen LogP contribution in [0.15, 0.2) is 35.1 Å². The number of nitrogens with zero attached hydrogens (tertiary/aromatic N) is 2. The van der Waals surface area contributed by atoms with E-state index in [9.17, 15) is 18.0 Å². The highest BCUT2D eigenvalue weighted by atomic mass is 32.1. The monoisotopic (exact) mass is 393 g/mol. The molecule has 3 aromatic rings. The Labute approximate surface area is 158 Å². The lowest BCUT2D eigenvalue weighted by molar-refractivity contribution is -0.136. The number of pyridine rings is 1. The van der Waals surface area contributed by atoms with E-state index >= 15 is 0 Å². The van der Waals surface area contributed by atoms with E-state index in [4.69, 9.17) is 12.2 Å². The summed E-state index contributed by atoms with van der Waals surface area (Å²) in [6.45, 7) is 6.08. The molecule has 3 rings (SSSR count). The summed E-state index contributed by atoms with van der Waals surface area (Å²) in [4.78, 5) is 18.9. The molecule has 27 heavy (non-hydrogen) atoms. The molecule has 1 aromatic carbocycles. The van der Waals surface area contributed by atoms with Gasteiger partial charge in [0.15, 0.2) is 4.77 Å². The molecule has 0 fully saturated rings. The van der Waals surface area contributed by atoms with Gasteiger partial charge in [-0.05, 0) is 36.7 Å². The number of halogens is 3. The van der Waals surface area contributed by atoms with Crippen LogP contribution in [0.2, 0.25) is 0 Å². The van der Waals surface area contributed by atoms with Crippen LogP contribution in [0, 0.1) is 4.77 Å². The van der Waals surface area contributed by atoms with E-state index in [1.165, 1.54) is 4.57 Å². The number of H-pyrrole nitrogens is 1. The van der Waals surface area contributed by atoms with Crippen LogP contribution in [0.25, 0.3) is 22.3 Å². The molecule has 0 spiro atoms. The van der Waals surface area contributed by atoms with Gasteiger partial charge in [-0.15, -0.1) is 0 Å². The van der Waals surface area contributed by atoms with Gasteiger partial charge in [0.1, 0.15) is 5.65 Å². The minimum Gasteiger partial charge on any atom is -0.303 e. The maximum absolute atomic E-state index is 13.7. The average molecular weight is 393 g/mol. The van der Waals surface area contributed by atoms with Crippen LogP contribution < -0.4 is 5.56 Å². The van der Waals surface area contributed by atoms with Crippen molar-refractivity contribution >= 4 is 23.3 Å².